The molecule has 2 atom stereocenters. The maximum Gasteiger partial charge on any atom is 0.410 e. The van der Waals surface area contributed by atoms with Gasteiger partial charge in [0, 0.05) is 45.2 Å². The highest BCUT2D eigenvalue weighted by molar-refractivity contribution is 5.68. The maximum atomic E-state index is 12.4. The molecule has 43 heavy (non-hydrogen) atoms. The van der Waals surface area contributed by atoms with Gasteiger partial charge < -0.3 is 24.6 Å². The molecule has 246 valence electrons. The summed E-state index contributed by atoms with van der Waals surface area (Å²) in [6.07, 6.45) is 10.1. The van der Waals surface area contributed by atoms with E-state index in [2.05, 4.69) is 25.7 Å². The molecule has 11 heteroatoms. The first-order chi connectivity index (χ1) is 19.9. The van der Waals surface area contributed by atoms with E-state index in [1.807, 2.05) is 56.9 Å². The molecule has 2 aliphatic rings. The minimum atomic E-state index is -4.00. The van der Waals surface area contributed by atoms with Gasteiger partial charge in [0.25, 0.3) is 0 Å². The monoisotopic (exact) mass is 615 g/mol. The van der Waals surface area contributed by atoms with Gasteiger partial charge in [-0.25, -0.2) is 4.79 Å². The van der Waals surface area contributed by atoms with Crippen LogP contribution in [0.3, 0.4) is 0 Å². The van der Waals surface area contributed by atoms with E-state index in [-0.39, 0.29) is 36.8 Å². The number of nitrogens with one attached hydrogen (secondary N) is 1. The molecule has 0 radical (unpaired) electrons. The van der Waals surface area contributed by atoms with Gasteiger partial charge in [0.15, 0.2) is 0 Å². The first-order valence-electron chi connectivity index (χ1n) is 14.5. The number of methoxy groups -OCH3 is 1. The third-order valence-electron chi connectivity index (χ3n) is 6.97. The quantitative estimate of drug-likeness (QED) is 0.161. The molecular weight excluding hydrogens is 563 g/mol. The second kappa shape index (κ2) is 19.2. The Morgan fingerprint density at radius 3 is 2.26 bits per heavy atom. The first-order valence-corrected chi connectivity index (χ1v) is 14.5. The third kappa shape index (κ3) is 18.2. The van der Waals surface area contributed by atoms with Crippen molar-refractivity contribution in [1.82, 2.24) is 15.1 Å². The largest absolute Gasteiger partial charge is 0.445 e. The lowest BCUT2D eigenvalue weighted by Crippen LogP contribution is -2.39. The molecule has 0 aliphatic carbocycles. The highest BCUT2D eigenvalue weighted by atomic mass is 19.4. The van der Waals surface area contributed by atoms with Crippen LogP contribution in [0.5, 0.6) is 0 Å². The summed E-state index contributed by atoms with van der Waals surface area (Å²) in [4.78, 5) is 38.4. The number of allylic oxidation sites excluding steroid dienone is 3. The van der Waals surface area contributed by atoms with Gasteiger partial charge >= 0.3 is 12.3 Å². The number of nitrogens with zero attached hydrogens (tertiary/aromatic N) is 2. The van der Waals surface area contributed by atoms with Crippen LogP contribution in [0.25, 0.3) is 0 Å². The second-order valence-electron chi connectivity index (χ2n) is 12.2. The molecule has 2 unspecified atom stereocenters. The van der Waals surface area contributed by atoms with E-state index in [4.69, 9.17) is 9.47 Å². The zero-order chi connectivity index (χ0) is 33.3. The molecule has 0 aromatic carbocycles. The third-order valence-corrected chi connectivity index (χ3v) is 6.97. The Morgan fingerprint density at radius 1 is 1.23 bits per heavy atom. The molecule has 0 saturated carbocycles. The molecule has 3 amide bonds. The van der Waals surface area contributed by atoms with E-state index in [1.165, 1.54) is 0 Å². The van der Waals surface area contributed by atoms with Gasteiger partial charge in [0.05, 0.1) is 5.60 Å². The van der Waals surface area contributed by atoms with Gasteiger partial charge in [-0.2, -0.15) is 13.2 Å². The minimum absolute atomic E-state index is 0.0417. The fourth-order valence-corrected chi connectivity index (χ4v) is 4.45. The molecule has 0 spiro atoms. The topological polar surface area (TPSA) is 88.2 Å². The molecule has 2 heterocycles. The predicted octanol–water partition coefficient (Wildman–Crippen LogP) is 6.60. The van der Waals surface area contributed by atoms with E-state index in [0.717, 1.165) is 49.8 Å². The van der Waals surface area contributed by atoms with Gasteiger partial charge in [-0.05, 0) is 84.3 Å². The number of amides is 3. The van der Waals surface area contributed by atoms with Gasteiger partial charge in [0.1, 0.15) is 6.61 Å². The highest BCUT2D eigenvalue weighted by Gasteiger charge is 2.37. The minimum Gasteiger partial charge on any atom is -0.445 e. The number of hydrogen-bond acceptors (Lipinski definition) is 5. The molecule has 2 aliphatic heterocycles. The van der Waals surface area contributed by atoms with Gasteiger partial charge in [-0.3, -0.25) is 9.59 Å². The Kier molecular flexibility index (Phi) is 17.9. The number of carbonyl (C=O) groups excluding carboxylic acids is 3. The van der Waals surface area contributed by atoms with E-state index in [9.17, 15) is 27.6 Å². The van der Waals surface area contributed by atoms with Crippen molar-refractivity contribution in [3.8, 4) is 0 Å². The Balaban J connectivity index is 0.00000136. The van der Waals surface area contributed by atoms with Crippen molar-refractivity contribution in [2.75, 3.05) is 33.4 Å². The van der Waals surface area contributed by atoms with Crippen LogP contribution in [0, 0.1) is 5.92 Å². The summed E-state index contributed by atoms with van der Waals surface area (Å²) in [5.74, 6) is 0.427. The van der Waals surface area contributed by atoms with Crippen LogP contribution in [0.15, 0.2) is 48.1 Å². The molecule has 2 rings (SSSR count). The Hall–Kier alpha value is -3.08. The Bertz CT molecular complexity index is 962. The molecule has 1 fully saturated rings. The molecule has 0 aromatic rings. The summed E-state index contributed by atoms with van der Waals surface area (Å²) in [6, 6.07) is -0.0461. The summed E-state index contributed by atoms with van der Waals surface area (Å²) in [7, 11) is 1.71. The fourth-order valence-electron chi connectivity index (χ4n) is 4.45. The highest BCUT2D eigenvalue weighted by Crippen LogP contribution is 2.34. The van der Waals surface area contributed by atoms with Crippen molar-refractivity contribution in [2.24, 2.45) is 5.92 Å². The zero-order valence-electron chi connectivity index (χ0n) is 27.1. The molecule has 0 aromatic heterocycles. The van der Waals surface area contributed by atoms with E-state index in [1.54, 1.807) is 18.1 Å². The zero-order valence-corrected chi connectivity index (χ0v) is 27.1. The lowest BCUT2D eigenvalue weighted by molar-refractivity contribution is -0.121. The summed E-state index contributed by atoms with van der Waals surface area (Å²) in [5, 5.41) is 2.94. The maximum absolute atomic E-state index is 12.4. The van der Waals surface area contributed by atoms with Crippen molar-refractivity contribution in [2.45, 2.75) is 97.5 Å². The smallest absolute Gasteiger partial charge is 0.410 e. The average molecular weight is 616 g/mol. The fraction of sp³-hybridized carbons (Fsp3) is 0.656. The van der Waals surface area contributed by atoms with Gasteiger partial charge in [-0.15, -0.1) is 0 Å². The van der Waals surface area contributed by atoms with Crippen molar-refractivity contribution >= 4 is 18.9 Å². The van der Waals surface area contributed by atoms with E-state index < -0.39 is 6.18 Å². The van der Waals surface area contributed by atoms with Crippen molar-refractivity contribution < 1.29 is 37.0 Å². The number of ether oxygens (including phenoxy) is 2. The Morgan fingerprint density at radius 2 is 1.84 bits per heavy atom. The van der Waals surface area contributed by atoms with Crippen LogP contribution in [-0.2, 0) is 19.1 Å². The average Bonchev–Trinajstić information content (AvgIpc) is 3.23. The summed E-state index contributed by atoms with van der Waals surface area (Å²) >= 11 is 0. The normalized spacial score (nSPS) is 19.3. The molecule has 1 saturated heterocycles. The number of rotatable bonds is 11. The Labute approximate surface area is 256 Å². The van der Waals surface area contributed by atoms with Crippen LogP contribution in [0.2, 0.25) is 0 Å². The summed E-state index contributed by atoms with van der Waals surface area (Å²) < 4.78 is 41.4. The lowest BCUT2D eigenvalue weighted by atomic mass is 9.89. The summed E-state index contributed by atoms with van der Waals surface area (Å²) in [5.41, 5.74) is 1.91. The number of hydrogen-bond donors (Lipinski definition) is 1. The van der Waals surface area contributed by atoms with Crippen LogP contribution in [0.1, 0.15) is 74.1 Å². The van der Waals surface area contributed by atoms with Crippen LogP contribution in [0.4, 0.5) is 18.0 Å². The molecule has 8 nitrogen and oxygen atoms in total. The van der Waals surface area contributed by atoms with Crippen LogP contribution in [-0.4, -0.2) is 85.4 Å². The van der Waals surface area contributed by atoms with Crippen LogP contribution >= 0.6 is 0 Å². The molecular formula is C32H52F3N3O5. The molecule has 0 bridgehead atoms. The van der Waals surface area contributed by atoms with Crippen LogP contribution < -0.4 is 5.32 Å². The number of halogens is 3. The van der Waals surface area contributed by atoms with Crippen molar-refractivity contribution in [3.05, 3.63) is 48.1 Å². The number of likely N-dealkylation sites (tertiary alicyclic amines) is 1. The number of carbonyl (C=O) groups is 3. The predicted molar refractivity (Wildman–Crippen MR) is 164 cm³/mol. The second-order valence-corrected chi connectivity index (χ2v) is 12.2. The van der Waals surface area contributed by atoms with E-state index >= 15 is 0 Å². The summed E-state index contributed by atoms with van der Waals surface area (Å²) in [6.45, 7) is 18.1. The first kappa shape index (κ1) is 39.9. The van der Waals surface area contributed by atoms with E-state index in [0.29, 0.717) is 25.4 Å². The van der Waals surface area contributed by atoms with Crippen molar-refractivity contribution in [1.29, 1.82) is 0 Å². The molecule has 1 N–H and O–H groups in total. The van der Waals surface area contributed by atoms with Gasteiger partial charge in [-0.1, -0.05) is 37.0 Å². The lowest BCUT2D eigenvalue weighted by Gasteiger charge is -2.30. The van der Waals surface area contributed by atoms with Crippen molar-refractivity contribution in [3.63, 3.8) is 0 Å². The standard InChI is InChI=1S/C25H37N3O4.C5H12O.C2H3F3/c1-5-7-8-20(6-2)17-32-24(31)27-13-11-22(12-14-27)23(26-18-29)10-9-21-15-25(3,4)28(16-21)19-30;1-5(2,3)6-4;1-2(3,4)5/h5-8,11,18-19,21,23H,2,9-10,12-17H2,1,3-4H3,(H,26,29);1-4H3;1H3/b7-5-,20-8+;;. The van der Waals surface area contributed by atoms with Gasteiger partial charge in [0.2, 0.25) is 12.8 Å². The number of alkyl halides is 3. The SMILES string of the molecule is C=C/C(=C\C=C/C)COC(=O)N1CC=C(C(CCC2CN(C=O)C(C)(C)C2)NC=O)CC1.CC(F)(F)F.COC(C)(C)C.